The van der Waals surface area contributed by atoms with E-state index >= 15 is 0 Å². The predicted molar refractivity (Wildman–Crippen MR) is 131 cm³/mol. The molecule has 0 aliphatic heterocycles. The van der Waals surface area contributed by atoms with E-state index in [4.69, 9.17) is 4.42 Å². The highest BCUT2D eigenvalue weighted by Gasteiger charge is 2.28. The normalized spacial score (nSPS) is 13.7. The molecule has 0 bridgehead atoms. The van der Waals surface area contributed by atoms with E-state index in [1.165, 1.54) is 0 Å². The van der Waals surface area contributed by atoms with Gasteiger partial charge in [0, 0.05) is 25.6 Å². The summed E-state index contributed by atoms with van der Waals surface area (Å²) in [6.45, 7) is 4.41. The van der Waals surface area contributed by atoms with Gasteiger partial charge in [0.05, 0.1) is 10.2 Å². The number of carbonyl (C=O) groups is 1. The lowest BCUT2D eigenvalue weighted by Gasteiger charge is -2.11. The number of aromatic nitrogens is 1. The summed E-state index contributed by atoms with van der Waals surface area (Å²) in [5, 5.41) is 10.3. The van der Waals surface area contributed by atoms with Gasteiger partial charge in [-0.3, -0.25) is 4.79 Å². The Kier molecular flexibility index (Phi) is 8.08. The SMILES string of the molecule is CCNC(=NCc1ccc(-c2nc3ccccc3s2)o1)NCCNC(=O)C1CC1.I. The Balaban J connectivity index is 0.00000256. The van der Waals surface area contributed by atoms with Crippen LogP contribution in [0.25, 0.3) is 21.0 Å². The highest BCUT2D eigenvalue weighted by molar-refractivity contribution is 14.0. The van der Waals surface area contributed by atoms with Crippen molar-refractivity contribution in [1.82, 2.24) is 20.9 Å². The number of benzene rings is 1. The maximum absolute atomic E-state index is 11.7. The van der Waals surface area contributed by atoms with Gasteiger partial charge in [0.1, 0.15) is 12.3 Å². The first kappa shape index (κ1) is 22.5. The number of fused-ring (bicyclic) bond motifs is 1. The monoisotopic (exact) mass is 539 g/mol. The summed E-state index contributed by atoms with van der Waals surface area (Å²) in [5.74, 6) is 2.63. The second-order valence-corrected chi connectivity index (χ2v) is 7.97. The van der Waals surface area contributed by atoms with E-state index in [1.807, 2.05) is 37.3 Å². The number of carbonyl (C=O) groups excluding carboxylic acids is 1. The van der Waals surface area contributed by atoms with E-state index in [1.54, 1.807) is 11.3 Å². The number of nitrogens with zero attached hydrogens (tertiary/aromatic N) is 2. The number of rotatable bonds is 8. The van der Waals surface area contributed by atoms with E-state index in [0.717, 1.165) is 46.1 Å². The molecule has 0 unspecified atom stereocenters. The van der Waals surface area contributed by atoms with Gasteiger partial charge in [-0.2, -0.15) is 0 Å². The zero-order valence-corrected chi connectivity index (χ0v) is 20.0. The van der Waals surface area contributed by atoms with Crippen LogP contribution in [-0.2, 0) is 11.3 Å². The van der Waals surface area contributed by atoms with E-state index < -0.39 is 0 Å². The minimum absolute atomic E-state index is 0. The molecule has 1 amide bonds. The zero-order chi connectivity index (χ0) is 20.1. The van der Waals surface area contributed by atoms with Crippen LogP contribution in [0.15, 0.2) is 45.8 Å². The number of amides is 1. The largest absolute Gasteiger partial charge is 0.457 e. The van der Waals surface area contributed by atoms with Crippen molar-refractivity contribution in [2.75, 3.05) is 19.6 Å². The lowest BCUT2D eigenvalue weighted by molar-refractivity contribution is -0.122. The quantitative estimate of drug-likeness (QED) is 0.176. The summed E-state index contributed by atoms with van der Waals surface area (Å²) in [6.07, 6.45) is 2.04. The average Bonchev–Trinajstić information content (AvgIpc) is 3.32. The maximum atomic E-state index is 11.7. The molecular weight excluding hydrogens is 513 g/mol. The fourth-order valence-corrected chi connectivity index (χ4v) is 3.84. The third kappa shape index (κ3) is 5.94. The molecule has 3 N–H and O–H groups in total. The summed E-state index contributed by atoms with van der Waals surface area (Å²) in [7, 11) is 0. The minimum Gasteiger partial charge on any atom is -0.457 e. The molecular formula is C21H26IN5O2S. The van der Waals surface area contributed by atoms with Crippen LogP contribution in [0.2, 0.25) is 0 Å². The first-order valence-corrected chi connectivity index (χ1v) is 10.8. The standard InChI is InChI=1S/C21H25N5O2S.HI/c1-2-22-21(24-12-11-23-19(27)14-7-8-14)25-13-15-9-10-17(28-15)20-26-16-5-3-4-6-18(16)29-20;/h3-6,9-10,14H,2,7-8,11-13H2,1H3,(H,23,27)(H2,22,24,25);1H. The Hall–Kier alpha value is -2.14. The molecule has 1 saturated carbocycles. The summed E-state index contributed by atoms with van der Waals surface area (Å²) in [4.78, 5) is 20.9. The number of thiazole rings is 1. The summed E-state index contributed by atoms with van der Waals surface area (Å²) in [5.41, 5.74) is 0.982. The third-order valence-electron chi connectivity index (χ3n) is 4.57. The van der Waals surface area contributed by atoms with Crippen LogP contribution in [0, 0.1) is 5.92 Å². The van der Waals surface area contributed by atoms with Crippen molar-refractivity contribution >= 4 is 57.4 Å². The van der Waals surface area contributed by atoms with Gasteiger partial charge >= 0.3 is 0 Å². The van der Waals surface area contributed by atoms with E-state index in [9.17, 15) is 4.79 Å². The van der Waals surface area contributed by atoms with Crippen molar-refractivity contribution in [3.05, 3.63) is 42.2 Å². The lowest BCUT2D eigenvalue weighted by Crippen LogP contribution is -2.41. The smallest absolute Gasteiger partial charge is 0.223 e. The maximum Gasteiger partial charge on any atom is 0.223 e. The van der Waals surface area contributed by atoms with Crippen LogP contribution in [-0.4, -0.2) is 36.5 Å². The fraction of sp³-hybridized carbons (Fsp3) is 0.381. The van der Waals surface area contributed by atoms with Crippen molar-refractivity contribution in [3.63, 3.8) is 0 Å². The van der Waals surface area contributed by atoms with Crippen molar-refractivity contribution < 1.29 is 9.21 Å². The highest BCUT2D eigenvalue weighted by Crippen LogP contribution is 2.31. The predicted octanol–water partition coefficient (Wildman–Crippen LogP) is 3.76. The Morgan fingerprint density at radius 3 is 2.73 bits per heavy atom. The van der Waals surface area contributed by atoms with Crippen LogP contribution in [0.1, 0.15) is 25.5 Å². The number of aliphatic imine (C=N–C) groups is 1. The van der Waals surface area contributed by atoms with Crippen LogP contribution in [0.5, 0.6) is 0 Å². The Morgan fingerprint density at radius 1 is 1.17 bits per heavy atom. The Labute approximate surface area is 196 Å². The molecule has 7 nitrogen and oxygen atoms in total. The van der Waals surface area contributed by atoms with Crippen molar-refractivity contribution in [3.8, 4) is 10.8 Å². The van der Waals surface area contributed by atoms with E-state index in [-0.39, 0.29) is 35.8 Å². The number of guanidine groups is 1. The van der Waals surface area contributed by atoms with Crippen LogP contribution >= 0.6 is 35.3 Å². The molecule has 1 aliphatic carbocycles. The first-order valence-electron chi connectivity index (χ1n) is 9.97. The first-order chi connectivity index (χ1) is 14.2. The van der Waals surface area contributed by atoms with Crippen molar-refractivity contribution in [2.45, 2.75) is 26.3 Å². The molecule has 160 valence electrons. The molecule has 3 aromatic rings. The fourth-order valence-electron chi connectivity index (χ4n) is 2.91. The molecule has 0 spiro atoms. The van der Waals surface area contributed by atoms with Crippen LogP contribution in [0.4, 0.5) is 0 Å². The van der Waals surface area contributed by atoms with Crippen molar-refractivity contribution in [1.29, 1.82) is 0 Å². The Bertz CT molecular complexity index is 979. The van der Waals surface area contributed by atoms with Crippen LogP contribution < -0.4 is 16.0 Å². The molecule has 9 heteroatoms. The molecule has 2 heterocycles. The summed E-state index contributed by atoms with van der Waals surface area (Å²) < 4.78 is 7.09. The van der Waals surface area contributed by atoms with E-state index in [2.05, 4.69) is 32.0 Å². The van der Waals surface area contributed by atoms with Crippen LogP contribution in [0.3, 0.4) is 0 Å². The molecule has 2 aromatic heterocycles. The number of nitrogens with one attached hydrogen (secondary N) is 3. The van der Waals surface area contributed by atoms with E-state index in [0.29, 0.717) is 25.6 Å². The molecule has 30 heavy (non-hydrogen) atoms. The Morgan fingerprint density at radius 2 is 1.97 bits per heavy atom. The molecule has 4 rings (SSSR count). The number of para-hydroxylation sites is 1. The van der Waals surface area contributed by atoms with Gasteiger partial charge in [0.25, 0.3) is 0 Å². The molecule has 1 aromatic carbocycles. The number of hydrogen-bond acceptors (Lipinski definition) is 5. The summed E-state index contributed by atoms with van der Waals surface area (Å²) >= 11 is 1.62. The molecule has 1 aliphatic rings. The third-order valence-corrected chi connectivity index (χ3v) is 5.62. The zero-order valence-electron chi connectivity index (χ0n) is 16.8. The topological polar surface area (TPSA) is 91.6 Å². The van der Waals surface area contributed by atoms with Gasteiger partial charge in [-0.05, 0) is 44.0 Å². The second-order valence-electron chi connectivity index (χ2n) is 6.94. The van der Waals surface area contributed by atoms with Gasteiger partial charge < -0.3 is 20.4 Å². The lowest BCUT2D eigenvalue weighted by atomic mass is 10.3. The molecule has 0 atom stereocenters. The average molecular weight is 539 g/mol. The molecule has 0 radical (unpaired) electrons. The van der Waals surface area contributed by atoms with Gasteiger partial charge in [-0.1, -0.05) is 12.1 Å². The van der Waals surface area contributed by atoms with Gasteiger partial charge in [0.15, 0.2) is 16.7 Å². The van der Waals surface area contributed by atoms with Gasteiger partial charge in [-0.15, -0.1) is 35.3 Å². The second kappa shape index (κ2) is 10.8. The van der Waals surface area contributed by atoms with Gasteiger partial charge in [0.2, 0.25) is 5.91 Å². The van der Waals surface area contributed by atoms with Crippen molar-refractivity contribution in [2.24, 2.45) is 10.9 Å². The summed E-state index contributed by atoms with van der Waals surface area (Å²) in [6, 6.07) is 11.9. The minimum atomic E-state index is 0. The number of halogens is 1. The number of hydrogen-bond donors (Lipinski definition) is 3. The molecule has 1 fully saturated rings. The highest BCUT2D eigenvalue weighted by atomic mass is 127. The van der Waals surface area contributed by atoms with Gasteiger partial charge in [-0.25, -0.2) is 9.98 Å². The number of furan rings is 1. The molecule has 0 saturated heterocycles.